The van der Waals surface area contributed by atoms with E-state index < -0.39 is 0 Å². The minimum absolute atomic E-state index is 0.239. The van der Waals surface area contributed by atoms with Crippen molar-refractivity contribution in [1.29, 1.82) is 0 Å². The van der Waals surface area contributed by atoms with Gasteiger partial charge in [-0.25, -0.2) is 4.98 Å². The van der Waals surface area contributed by atoms with E-state index in [1.54, 1.807) is 11.3 Å². The zero-order valence-electron chi connectivity index (χ0n) is 11.3. The van der Waals surface area contributed by atoms with E-state index in [0.717, 1.165) is 21.8 Å². The fraction of sp³-hybridized carbons (Fsp3) is 0.733. The molecule has 1 N–H and O–H groups in total. The van der Waals surface area contributed by atoms with Crippen LogP contribution in [0.3, 0.4) is 0 Å². The molecule has 4 aliphatic rings. The maximum atomic E-state index is 12.6. The molecule has 3 nitrogen and oxygen atoms in total. The van der Waals surface area contributed by atoms with Crippen LogP contribution in [0.1, 0.15) is 37.0 Å². The van der Waals surface area contributed by atoms with Crippen LogP contribution in [0.4, 0.5) is 5.13 Å². The van der Waals surface area contributed by atoms with Gasteiger partial charge in [-0.3, -0.25) is 4.79 Å². The highest BCUT2D eigenvalue weighted by molar-refractivity contribution is 7.15. The smallest absolute Gasteiger partial charge is 0.229 e. The van der Waals surface area contributed by atoms with Crippen molar-refractivity contribution in [2.75, 3.05) is 5.32 Å². The van der Waals surface area contributed by atoms with Crippen molar-refractivity contribution in [1.82, 2.24) is 4.98 Å². The van der Waals surface area contributed by atoms with E-state index in [-0.39, 0.29) is 11.8 Å². The Kier molecular flexibility index (Phi) is 2.69. The fourth-order valence-corrected chi connectivity index (χ4v) is 5.62. The lowest BCUT2D eigenvalue weighted by Crippen LogP contribution is -2.49. The largest absolute Gasteiger partial charge is 0.302 e. The molecule has 4 aliphatic carbocycles. The summed E-state index contributed by atoms with van der Waals surface area (Å²) in [5, 5.41) is 3.83. The van der Waals surface area contributed by atoms with Crippen molar-refractivity contribution in [3.8, 4) is 0 Å². The molecule has 19 heavy (non-hydrogen) atoms. The molecule has 4 saturated carbocycles. The van der Waals surface area contributed by atoms with Gasteiger partial charge < -0.3 is 5.32 Å². The number of anilines is 1. The molecule has 0 unspecified atom stereocenters. The van der Waals surface area contributed by atoms with Gasteiger partial charge in [0.1, 0.15) is 0 Å². The molecule has 1 aromatic rings. The molecule has 0 aliphatic heterocycles. The van der Waals surface area contributed by atoms with E-state index >= 15 is 0 Å². The quantitative estimate of drug-likeness (QED) is 0.898. The Balaban J connectivity index is 1.51. The van der Waals surface area contributed by atoms with Gasteiger partial charge in [-0.1, -0.05) is 0 Å². The second kappa shape index (κ2) is 4.30. The standard InChI is InChI=1S/C15H20N2OS/c1-8-7-16-15(19-8)17-14(18)13-11-3-9-2-10(5-11)6-12(13)4-9/h7,9-13H,2-6H2,1H3,(H,16,17,18). The highest BCUT2D eigenvalue weighted by Crippen LogP contribution is 2.56. The molecule has 0 spiro atoms. The Morgan fingerprint density at radius 2 is 1.84 bits per heavy atom. The van der Waals surface area contributed by atoms with Gasteiger partial charge in [0.05, 0.1) is 0 Å². The zero-order valence-corrected chi connectivity index (χ0v) is 12.1. The number of hydrogen-bond acceptors (Lipinski definition) is 3. The Bertz CT molecular complexity index is 482. The SMILES string of the molecule is Cc1cnc(NC(=O)C2C3CC4CC(C3)CC2C4)s1. The van der Waals surface area contributed by atoms with Gasteiger partial charge in [0.15, 0.2) is 5.13 Å². The first kappa shape index (κ1) is 11.9. The highest BCUT2D eigenvalue weighted by atomic mass is 32.1. The molecule has 4 heteroatoms. The van der Waals surface area contributed by atoms with E-state index in [2.05, 4.69) is 10.3 Å². The van der Waals surface area contributed by atoms with Crippen LogP contribution < -0.4 is 5.32 Å². The number of carbonyl (C=O) groups is 1. The lowest BCUT2D eigenvalue weighted by atomic mass is 9.51. The van der Waals surface area contributed by atoms with Gasteiger partial charge in [-0.05, 0) is 62.7 Å². The minimum Gasteiger partial charge on any atom is -0.302 e. The van der Waals surface area contributed by atoms with E-state index in [4.69, 9.17) is 0 Å². The normalized spacial score (nSPS) is 39.5. The molecule has 0 atom stereocenters. The number of nitrogens with zero attached hydrogens (tertiary/aromatic N) is 1. The molecule has 1 heterocycles. The molecular weight excluding hydrogens is 256 g/mol. The first-order chi connectivity index (χ1) is 9.19. The van der Waals surface area contributed by atoms with Crippen LogP contribution in [0.5, 0.6) is 0 Å². The molecular formula is C15H20N2OS. The third kappa shape index (κ3) is 2.00. The Morgan fingerprint density at radius 1 is 1.21 bits per heavy atom. The van der Waals surface area contributed by atoms with Gasteiger partial charge >= 0.3 is 0 Å². The third-order valence-corrected chi connectivity index (χ3v) is 6.21. The highest BCUT2D eigenvalue weighted by Gasteiger charge is 2.50. The summed E-state index contributed by atoms with van der Waals surface area (Å²) < 4.78 is 0. The maximum absolute atomic E-state index is 12.6. The molecule has 0 saturated heterocycles. The number of amides is 1. The summed E-state index contributed by atoms with van der Waals surface area (Å²) in [6, 6.07) is 0. The Labute approximate surface area is 117 Å². The summed E-state index contributed by atoms with van der Waals surface area (Å²) in [4.78, 5) is 18.0. The van der Waals surface area contributed by atoms with E-state index in [9.17, 15) is 4.79 Å². The Morgan fingerprint density at radius 3 is 2.37 bits per heavy atom. The van der Waals surface area contributed by atoms with Crippen LogP contribution in [0.2, 0.25) is 0 Å². The third-order valence-electron chi connectivity index (χ3n) is 5.38. The summed E-state index contributed by atoms with van der Waals surface area (Å²) >= 11 is 1.57. The molecule has 1 aromatic heterocycles. The molecule has 4 fully saturated rings. The summed E-state index contributed by atoms with van der Waals surface area (Å²) in [7, 11) is 0. The maximum Gasteiger partial charge on any atom is 0.229 e. The van der Waals surface area contributed by atoms with Gasteiger partial charge in [0, 0.05) is 17.0 Å². The molecule has 4 bridgehead atoms. The molecule has 1 amide bonds. The number of carbonyl (C=O) groups excluding carboxylic acids is 1. The summed E-state index contributed by atoms with van der Waals surface area (Å²) in [6.45, 7) is 2.02. The fourth-order valence-electron chi connectivity index (χ4n) is 4.95. The van der Waals surface area contributed by atoms with Crippen molar-refractivity contribution < 1.29 is 4.79 Å². The van der Waals surface area contributed by atoms with E-state index in [1.165, 1.54) is 32.1 Å². The summed E-state index contributed by atoms with van der Waals surface area (Å²) in [5.41, 5.74) is 0. The number of nitrogens with one attached hydrogen (secondary N) is 1. The van der Waals surface area contributed by atoms with Crippen LogP contribution in [0.15, 0.2) is 6.20 Å². The monoisotopic (exact) mass is 276 g/mol. The van der Waals surface area contributed by atoms with Crippen LogP contribution >= 0.6 is 11.3 Å². The molecule has 0 aromatic carbocycles. The van der Waals surface area contributed by atoms with E-state index in [1.807, 2.05) is 13.1 Å². The van der Waals surface area contributed by atoms with Gasteiger partial charge in [0.25, 0.3) is 0 Å². The van der Waals surface area contributed by atoms with Crippen LogP contribution in [0.25, 0.3) is 0 Å². The van der Waals surface area contributed by atoms with Crippen LogP contribution in [-0.2, 0) is 4.79 Å². The van der Waals surface area contributed by atoms with Crippen molar-refractivity contribution in [2.45, 2.75) is 39.0 Å². The number of thiazole rings is 1. The lowest BCUT2D eigenvalue weighted by Gasteiger charge is -2.53. The minimum atomic E-state index is 0.239. The predicted molar refractivity (Wildman–Crippen MR) is 76.0 cm³/mol. The van der Waals surface area contributed by atoms with Gasteiger partial charge in [0.2, 0.25) is 5.91 Å². The lowest BCUT2D eigenvalue weighted by molar-refractivity contribution is -0.132. The predicted octanol–water partition coefficient (Wildman–Crippen LogP) is 3.46. The van der Waals surface area contributed by atoms with Gasteiger partial charge in [-0.15, -0.1) is 11.3 Å². The first-order valence-corrected chi connectivity index (χ1v) is 8.24. The van der Waals surface area contributed by atoms with Gasteiger partial charge in [-0.2, -0.15) is 0 Å². The number of aromatic nitrogens is 1. The molecule has 0 radical (unpaired) electrons. The topological polar surface area (TPSA) is 42.0 Å². The zero-order chi connectivity index (χ0) is 13.0. The first-order valence-electron chi connectivity index (χ1n) is 7.42. The second-order valence-corrected chi connectivity index (χ2v) is 7.96. The van der Waals surface area contributed by atoms with Crippen molar-refractivity contribution >= 4 is 22.4 Å². The van der Waals surface area contributed by atoms with E-state index in [0.29, 0.717) is 11.8 Å². The van der Waals surface area contributed by atoms with Crippen molar-refractivity contribution in [2.24, 2.45) is 29.6 Å². The average molecular weight is 276 g/mol. The van der Waals surface area contributed by atoms with Crippen molar-refractivity contribution in [3.05, 3.63) is 11.1 Å². The van der Waals surface area contributed by atoms with Crippen LogP contribution in [0, 0.1) is 36.5 Å². The summed E-state index contributed by atoms with van der Waals surface area (Å²) in [6.07, 6.45) is 8.44. The Hall–Kier alpha value is -0.900. The summed E-state index contributed by atoms with van der Waals surface area (Å²) in [5.74, 6) is 3.65. The number of hydrogen-bond donors (Lipinski definition) is 1. The second-order valence-electron chi connectivity index (χ2n) is 6.72. The number of aryl methyl sites for hydroxylation is 1. The molecule has 5 rings (SSSR count). The average Bonchev–Trinajstić information content (AvgIpc) is 2.73. The van der Waals surface area contributed by atoms with Crippen molar-refractivity contribution in [3.63, 3.8) is 0 Å². The number of rotatable bonds is 2. The molecule has 102 valence electrons. The van der Waals surface area contributed by atoms with Crippen LogP contribution in [-0.4, -0.2) is 10.9 Å².